The van der Waals surface area contributed by atoms with Gasteiger partial charge in [-0.05, 0) is 24.1 Å². The number of likely N-dealkylation sites (N-methyl/N-ethyl adjacent to an activating group) is 1. The number of carbonyl (C=O) groups excluding carboxylic acids is 1. The number of tetrazole rings is 1. The maximum atomic E-state index is 13.5. The van der Waals surface area contributed by atoms with Crippen molar-refractivity contribution in [2.24, 2.45) is 0 Å². The van der Waals surface area contributed by atoms with Gasteiger partial charge in [0.15, 0.2) is 6.61 Å². The molecule has 0 saturated carbocycles. The third-order valence-electron chi connectivity index (χ3n) is 6.76. The standard InChI is InChI=1S/C26H30N6O4/c1-31(26(33)13-24-22-9-4-3-6-19(22)16-36-24)23(15-32-11-10-21(14-32)34-2)18-7-5-8-20(12-18)35-17-25-27-29-30-28-25/h3-9,12,16,21,23H,10-11,13-15,17H2,1-2H3,(H,27,28,29,30). The van der Waals surface area contributed by atoms with Crippen LogP contribution in [0.25, 0.3) is 10.8 Å². The molecule has 0 bridgehead atoms. The molecule has 0 spiro atoms. The molecule has 1 aliphatic rings. The van der Waals surface area contributed by atoms with E-state index in [9.17, 15) is 4.79 Å². The molecule has 1 saturated heterocycles. The van der Waals surface area contributed by atoms with E-state index in [4.69, 9.17) is 13.9 Å². The molecular formula is C26H30N6O4. The smallest absolute Gasteiger partial charge is 0.230 e. The van der Waals surface area contributed by atoms with E-state index in [1.165, 1.54) is 0 Å². The van der Waals surface area contributed by atoms with Crippen LogP contribution < -0.4 is 4.74 Å². The maximum Gasteiger partial charge on any atom is 0.230 e. The highest BCUT2D eigenvalue weighted by atomic mass is 16.5. The minimum absolute atomic E-state index is 0.0132. The van der Waals surface area contributed by atoms with Crippen molar-refractivity contribution in [2.75, 3.05) is 33.8 Å². The van der Waals surface area contributed by atoms with Gasteiger partial charge >= 0.3 is 0 Å². The number of aromatic amines is 1. The molecule has 2 aromatic carbocycles. The summed E-state index contributed by atoms with van der Waals surface area (Å²) in [5.41, 5.74) is 0.988. The Labute approximate surface area is 209 Å². The number of likely N-dealkylation sites (tertiary alicyclic amines) is 1. The molecule has 1 amide bonds. The van der Waals surface area contributed by atoms with Gasteiger partial charge in [-0.15, -0.1) is 10.2 Å². The number of rotatable bonds is 10. The summed E-state index contributed by atoms with van der Waals surface area (Å²) in [4.78, 5) is 17.7. The van der Waals surface area contributed by atoms with Crippen molar-refractivity contribution < 1.29 is 18.7 Å². The van der Waals surface area contributed by atoms with E-state index >= 15 is 0 Å². The van der Waals surface area contributed by atoms with Crippen LogP contribution >= 0.6 is 0 Å². The largest absolute Gasteiger partial charge is 0.485 e. The molecule has 1 N–H and O–H groups in total. The van der Waals surface area contributed by atoms with Crippen LogP contribution in [0.1, 0.15) is 29.6 Å². The Morgan fingerprint density at radius 3 is 2.97 bits per heavy atom. The molecule has 1 aliphatic heterocycles. The topological polar surface area (TPSA) is 110 Å². The number of furan rings is 1. The highest BCUT2D eigenvalue weighted by molar-refractivity contribution is 5.88. The molecule has 1 fully saturated rings. The van der Waals surface area contributed by atoms with Crippen molar-refractivity contribution in [3.05, 3.63) is 71.9 Å². The van der Waals surface area contributed by atoms with Crippen molar-refractivity contribution in [3.8, 4) is 5.75 Å². The fraction of sp³-hybridized carbons (Fsp3) is 0.385. The Morgan fingerprint density at radius 1 is 1.28 bits per heavy atom. The van der Waals surface area contributed by atoms with Crippen LogP contribution in [0.3, 0.4) is 0 Å². The van der Waals surface area contributed by atoms with Crippen LogP contribution in [0.15, 0.2) is 59.2 Å². The zero-order valence-electron chi connectivity index (χ0n) is 20.5. The molecule has 0 aliphatic carbocycles. The summed E-state index contributed by atoms with van der Waals surface area (Å²) in [6, 6.07) is 15.5. The van der Waals surface area contributed by atoms with Gasteiger partial charge in [0.05, 0.1) is 24.8 Å². The second kappa shape index (κ2) is 10.9. The monoisotopic (exact) mass is 490 g/mol. The lowest BCUT2D eigenvalue weighted by molar-refractivity contribution is -0.132. The molecule has 36 heavy (non-hydrogen) atoms. The zero-order chi connectivity index (χ0) is 24.9. The Hall–Kier alpha value is -3.76. The lowest BCUT2D eigenvalue weighted by Crippen LogP contribution is -2.39. The average molecular weight is 491 g/mol. The summed E-state index contributed by atoms with van der Waals surface area (Å²) in [5.74, 6) is 1.81. The third-order valence-corrected chi connectivity index (χ3v) is 6.76. The van der Waals surface area contributed by atoms with Gasteiger partial charge in [0.2, 0.25) is 11.7 Å². The van der Waals surface area contributed by atoms with Crippen LogP contribution in [0.4, 0.5) is 0 Å². The van der Waals surface area contributed by atoms with Gasteiger partial charge in [-0.25, -0.2) is 0 Å². The molecular weight excluding hydrogens is 460 g/mol. The van der Waals surface area contributed by atoms with Gasteiger partial charge in [-0.3, -0.25) is 9.69 Å². The van der Waals surface area contributed by atoms with Gasteiger partial charge < -0.3 is 18.8 Å². The van der Waals surface area contributed by atoms with Gasteiger partial charge in [0.25, 0.3) is 0 Å². The number of H-pyrrole nitrogens is 1. The summed E-state index contributed by atoms with van der Waals surface area (Å²) in [6.45, 7) is 2.65. The Balaban J connectivity index is 1.36. The summed E-state index contributed by atoms with van der Waals surface area (Å²) < 4.78 is 17.2. The number of hydrogen-bond donors (Lipinski definition) is 1. The van der Waals surface area contributed by atoms with E-state index in [0.717, 1.165) is 35.8 Å². The second-order valence-electron chi connectivity index (χ2n) is 9.04. The molecule has 10 nitrogen and oxygen atoms in total. The molecule has 2 unspecified atom stereocenters. The van der Waals surface area contributed by atoms with Crippen molar-refractivity contribution in [1.82, 2.24) is 30.4 Å². The quantitative estimate of drug-likeness (QED) is 0.361. The normalized spacial score (nSPS) is 16.9. The van der Waals surface area contributed by atoms with Crippen LogP contribution in [0, 0.1) is 0 Å². The van der Waals surface area contributed by atoms with Crippen molar-refractivity contribution in [3.63, 3.8) is 0 Å². The van der Waals surface area contributed by atoms with Crippen LogP contribution in [-0.2, 0) is 22.6 Å². The maximum absolute atomic E-state index is 13.5. The molecule has 0 radical (unpaired) electrons. The van der Waals surface area contributed by atoms with E-state index in [1.54, 1.807) is 13.4 Å². The first kappa shape index (κ1) is 24.0. The molecule has 2 atom stereocenters. The minimum atomic E-state index is -0.178. The summed E-state index contributed by atoms with van der Waals surface area (Å²) in [6.07, 6.45) is 3.09. The first-order valence-electron chi connectivity index (χ1n) is 12.0. The predicted octanol–water partition coefficient (Wildman–Crippen LogP) is 2.99. The van der Waals surface area contributed by atoms with Crippen molar-refractivity contribution in [2.45, 2.75) is 31.6 Å². The number of nitrogens with zero attached hydrogens (tertiary/aromatic N) is 5. The number of ether oxygens (including phenoxy) is 2. The third kappa shape index (κ3) is 5.39. The Morgan fingerprint density at radius 2 is 2.17 bits per heavy atom. The summed E-state index contributed by atoms with van der Waals surface area (Å²) in [7, 11) is 3.61. The molecule has 4 aromatic rings. The number of amides is 1. The van der Waals surface area contributed by atoms with Crippen molar-refractivity contribution in [1.29, 1.82) is 0 Å². The Bertz CT molecular complexity index is 1290. The van der Waals surface area contributed by atoms with Gasteiger partial charge in [-0.2, -0.15) is 5.21 Å². The minimum Gasteiger partial charge on any atom is -0.485 e. The Kier molecular flexibility index (Phi) is 7.24. The highest BCUT2D eigenvalue weighted by Gasteiger charge is 2.29. The molecule has 188 valence electrons. The number of aromatic nitrogens is 4. The number of nitrogens with one attached hydrogen (secondary N) is 1. The average Bonchev–Trinajstić information content (AvgIpc) is 3.67. The first-order valence-corrected chi connectivity index (χ1v) is 12.0. The number of benzene rings is 2. The van der Waals surface area contributed by atoms with Crippen LogP contribution in [0.5, 0.6) is 5.75 Å². The van der Waals surface area contributed by atoms with E-state index in [0.29, 0.717) is 23.9 Å². The van der Waals surface area contributed by atoms with E-state index in [2.05, 4.69) is 25.5 Å². The lowest BCUT2D eigenvalue weighted by Gasteiger charge is -2.32. The van der Waals surface area contributed by atoms with Crippen LogP contribution in [-0.4, -0.2) is 76.2 Å². The fourth-order valence-corrected chi connectivity index (χ4v) is 4.68. The van der Waals surface area contributed by atoms with E-state index < -0.39 is 0 Å². The lowest BCUT2D eigenvalue weighted by atomic mass is 10.0. The number of methoxy groups -OCH3 is 1. The van der Waals surface area contributed by atoms with Gasteiger partial charge in [0, 0.05) is 44.6 Å². The highest BCUT2D eigenvalue weighted by Crippen LogP contribution is 2.28. The number of fused-ring (bicyclic) bond motifs is 1. The molecule has 2 aromatic heterocycles. The van der Waals surface area contributed by atoms with E-state index in [1.807, 2.05) is 60.5 Å². The van der Waals surface area contributed by atoms with Crippen molar-refractivity contribution >= 4 is 16.7 Å². The SMILES string of the molecule is COC1CCN(CC(c2cccc(OCc3nn[nH]n3)c2)N(C)C(=O)Cc2occ3ccccc23)C1. The number of carbonyl (C=O) groups is 1. The molecule has 3 heterocycles. The first-order chi connectivity index (χ1) is 17.6. The second-order valence-corrected chi connectivity index (χ2v) is 9.04. The summed E-state index contributed by atoms with van der Waals surface area (Å²) >= 11 is 0. The van der Waals surface area contributed by atoms with Gasteiger partial charge in [0.1, 0.15) is 11.5 Å². The molecule has 5 rings (SSSR count). The number of hydrogen-bond acceptors (Lipinski definition) is 8. The van der Waals surface area contributed by atoms with E-state index in [-0.39, 0.29) is 31.1 Å². The summed E-state index contributed by atoms with van der Waals surface area (Å²) in [5, 5.41) is 15.8. The van der Waals surface area contributed by atoms with Crippen LogP contribution in [0.2, 0.25) is 0 Å². The molecule has 10 heteroatoms. The van der Waals surface area contributed by atoms with Gasteiger partial charge in [-0.1, -0.05) is 41.6 Å². The fourth-order valence-electron chi connectivity index (χ4n) is 4.68. The predicted molar refractivity (Wildman–Crippen MR) is 132 cm³/mol. The zero-order valence-corrected chi connectivity index (χ0v) is 20.5.